The predicted octanol–water partition coefficient (Wildman–Crippen LogP) is 2.64. The van der Waals surface area contributed by atoms with Crippen molar-refractivity contribution in [2.75, 3.05) is 25.1 Å². The van der Waals surface area contributed by atoms with Crippen molar-refractivity contribution in [1.29, 1.82) is 0 Å². The molecule has 0 bridgehead atoms. The molecule has 0 amide bonds. The van der Waals surface area contributed by atoms with Gasteiger partial charge < -0.3 is 5.32 Å². The first-order chi connectivity index (χ1) is 9.36. The summed E-state index contributed by atoms with van der Waals surface area (Å²) in [5.41, 5.74) is 2.39. The number of nitrogens with zero attached hydrogens (tertiary/aromatic N) is 2. The molecule has 2 aromatic rings. The van der Waals surface area contributed by atoms with E-state index < -0.39 is 0 Å². The van der Waals surface area contributed by atoms with Crippen LogP contribution in [0.15, 0.2) is 60.7 Å². The van der Waals surface area contributed by atoms with E-state index in [0.717, 1.165) is 13.1 Å². The average Bonchev–Trinajstić information content (AvgIpc) is 2.39. The average molecular weight is 253 g/mol. The van der Waals surface area contributed by atoms with Crippen LogP contribution in [0, 0.1) is 0 Å². The summed E-state index contributed by atoms with van der Waals surface area (Å²) in [4.78, 5) is 0. The van der Waals surface area contributed by atoms with E-state index in [1.807, 2.05) is 0 Å². The number of hydrogen-bond acceptors (Lipinski definition) is 3. The molecule has 3 nitrogen and oxygen atoms in total. The standard InChI is InChI=1S/C16H19N3/c1-18(16-12-17-13-16)19(14-8-4-2-5-9-14)15-10-6-3-7-11-15/h2-11,16-17H,12-13H2,1H3. The zero-order valence-electron chi connectivity index (χ0n) is 11.2. The monoisotopic (exact) mass is 253 g/mol. The van der Waals surface area contributed by atoms with Crippen LogP contribution in [-0.2, 0) is 0 Å². The second-order valence-electron chi connectivity index (χ2n) is 4.87. The van der Waals surface area contributed by atoms with Gasteiger partial charge in [-0.2, -0.15) is 0 Å². The molecule has 0 spiro atoms. The lowest BCUT2D eigenvalue weighted by Crippen LogP contribution is -2.60. The van der Waals surface area contributed by atoms with Gasteiger partial charge in [0.1, 0.15) is 0 Å². The van der Waals surface area contributed by atoms with Crippen molar-refractivity contribution in [2.45, 2.75) is 6.04 Å². The Labute approximate surface area is 114 Å². The summed E-state index contributed by atoms with van der Waals surface area (Å²) in [5.74, 6) is 0. The molecule has 19 heavy (non-hydrogen) atoms. The molecule has 3 heteroatoms. The molecular weight excluding hydrogens is 234 g/mol. The quantitative estimate of drug-likeness (QED) is 0.845. The Morgan fingerprint density at radius 1 is 0.842 bits per heavy atom. The SMILES string of the molecule is CN(C1CNC1)N(c1ccccc1)c1ccccc1. The Balaban J connectivity index is 1.96. The molecule has 0 aliphatic carbocycles. The molecule has 0 atom stereocenters. The van der Waals surface area contributed by atoms with Crippen LogP contribution in [0.25, 0.3) is 0 Å². The molecule has 1 N–H and O–H groups in total. The lowest BCUT2D eigenvalue weighted by atomic mass is 10.1. The fraction of sp³-hybridized carbons (Fsp3) is 0.250. The molecule has 0 saturated carbocycles. The van der Waals surface area contributed by atoms with Gasteiger partial charge in [-0.3, -0.25) is 5.01 Å². The highest BCUT2D eigenvalue weighted by Crippen LogP contribution is 2.27. The largest absolute Gasteiger partial charge is 0.313 e. The Bertz CT molecular complexity index is 469. The second-order valence-corrected chi connectivity index (χ2v) is 4.87. The van der Waals surface area contributed by atoms with Crippen LogP contribution < -0.4 is 10.3 Å². The maximum absolute atomic E-state index is 3.33. The molecule has 98 valence electrons. The molecule has 1 heterocycles. The topological polar surface area (TPSA) is 18.5 Å². The van der Waals surface area contributed by atoms with Crippen LogP contribution in [0.3, 0.4) is 0 Å². The summed E-state index contributed by atoms with van der Waals surface area (Å²) in [6, 6.07) is 21.6. The minimum atomic E-state index is 0.556. The molecule has 0 unspecified atom stereocenters. The van der Waals surface area contributed by atoms with Crippen molar-refractivity contribution in [2.24, 2.45) is 0 Å². The molecule has 1 aliphatic rings. The highest BCUT2D eigenvalue weighted by molar-refractivity contribution is 5.61. The molecular formula is C16H19N3. The first-order valence-corrected chi connectivity index (χ1v) is 6.70. The normalized spacial score (nSPS) is 15.3. The zero-order chi connectivity index (χ0) is 13.1. The molecule has 1 fully saturated rings. The summed E-state index contributed by atoms with van der Waals surface area (Å²) < 4.78 is 0. The molecule has 0 radical (unpaired) electrons. The molecule has 1 aliphatic heterocycles. The van der Waals surface area contributed by atoms with Gasteiger partial charge in [0.15, 0.2) is 0 Å². The van der Waals surface area contributed by atoms with E-state index >= 15 is 0 Å². The Morgan fingerprint density at radius 2 is 1.32 bits per heavy atom. The number of para-hydroxylation sites is 2. The van der Waals surface area contributed by atoms with Crippen molar-refractivity contribution in [3.63, 3.8) is 0 Å². The van der Waals surface area contributed by atoms with Crippen molar-refractivity contribution in [3.05, 3.63) is 60.7 Å². The number of likely N-dealkylation sites (N-methyl/N-ethyl adjacent to an activating group) is 1. The minimum Gasteiger partial charge on any atom is -0.313 e. The van der Waals surface area contributed by atoms with Gasteiger partial charge in [-0.1, -0.05) is 36.4 Å². The van der Waals surface area contributed by atoms with E-state index in [1.165, 1.54) is 11.4 Å². The van der Waals surface area contributed by atoms with Gasteiger partial charge >= 0.3 is 0 Å². The predicted molar refractivity (Wildman–Crippen MR) is 79.4 cm³/mol. The maximum Gasteiger partial charge on any atom is 0.0580 e. The van der Waals surface area contributed by atoms with Gasteiger partial charge in [-0.15, -0.1) is 0 Å². The Kier molecular flexibility index (Phi) is 3.49. The van der Waals surface area contributed by atoms with Gasteiger partial charge in [0.25, 0.3) is 0 Å². The summed E-state index contributed by atoms with van der Waals surface area (Å²) in [6.07, 6.45) is 0. The number of hydrazine groups is 1. The highest BCUT2D eigenvalue weighted by Gasteiger charge is 2.27. The summed E-state index contributed by atoms with van der Waals surface area (Å²) in [7, 11) is 2.16. The van der Waals surface area contributed by atoms with E-state index in [-0.39, 0.29) is 0 Å². The van der Waals surface area contributed by atoms with Gasteiger partial charge in [-0.25, -0.2) is 5.01 Å². The van der Waals surface area contributed by atoms with Crippen LogP contribution in [0.4, 0.5) is 11.4 Å². The van der Waals surface area contributed by atoms with E-state index in [0.29, 0.717) is 6.04 Å². The molecule has 1 saturated heterocycles. The third-order valence-corrected chi connectivity index (χ3v) is 3.61. The number of rotatable bonds is 4. The first kappa shape index (κ1) is 12.2. The second kappa shape index (κ2) is 5.43. The van der Waals surface area contributed by atoms with Crippen LogP contribution in [0.5, 0.6) is 0 Å². The van der Waals surface area contributed by atoms with E-state index in [1.54, 1.807) is 0 Å². The highest BCUT2D eigenvalue weighted by atomic mass is 15.6. The molecule has 0 aromatic heterocycles. The Hall–Kier alpha value is -1.84. The smallest absolute Gasteiger partial charge is 0.0580 e. The van der Waals surface area contributed by atoms with Crippen LogP contribution in [-0.4, -0.2) is 31.2 Å². The van der Waals surface area contributed by atoms with Crippen LogP contribution in [0.1, 0.15) is 0 Å². The summed E-state index contributed by atoms with van der Waals surface area (Å²) >= 11 is 0. The van der Waals surface area contributed by atoms with Crippen molar-refractivity contribution >= 4 is 11.4 Å². The van der Waals surface area contributed by atoms with Gasteiger partial charge in [0.2, 0.25) is 0 Å². The van der Waals surface area contributed by atoms with Crippen molar-refractivity contribution in [3.8, 4) is 0 Å². The molecule has 2 aromatic carbocycles. The number of anilines is 2. The van der Waals surface area contributed by atoms with Crippen molar-refractivity contribution in [1.82, 2.24) is 10.3 Å². The lowest BCUT2D eigenvalue weighted by Gasteiger charge is -2.43. The third kappa shape index (κ3) is 2.48. The van der Waals surface area contributed by atoms with E-state index in [4.69, 9.17) is 0 Å². The van der Waals surface area contributed by atoms with Gasteiger partial charge in [0.05, 0.1) is 17.4 Å². The minimum absolute atomic E-state index is 0.556. The maximum atomic E-state index is 3.33. The summed E-state index contributed by atoms with van der Waals surface area (Å²) in [6.45, 7) is 2.10. The summed E-state index contributed by atoms with van der Waals surface area (Å²) in [5, 5.41) is 7.94. The van der Waals surface area contributed by atoms with E-state index in [2.05, 4.69) is 83.0 Å². The third-order valence-electron chi connectivity index (χ3n) is 3.61. The van der Waals surface area contributed by atoms with E-state index in [9.17, 15) is 0 Å². The number of hydrogen-bond donors (Lipinski definition) is 1. The fourth-order valence-corrected chi connectivity index (χ4v) is 2.35. The van der Waals surface area contributed by atoms with Crippen LogP contribution >= 0.6 is 0 Å². The fourth-order valence-electron chi connectivity index (χ4n) is 2.35. The van der Waals surface area contributed by atoms with Crippen molar-refractivity contribution < 1.29 is 0 Å². The number of nitrogens with one attached hydrogen (secondary N) is 1. The lowest BCUT2D eigenvalue weighted by molar-refractivity contribution is 0.181. The number of benzene rings is 2. The van der Waals surface area contributed by atoms with Gasteiger partial charge in [-0.05, 0) is 24.3 Å². The Morgan fingerprint density at radius 3 is 1.68 bits per heavy atom. The van der Waals surface area contributed by atoms with Gasteiger partial charge in [0, 0.05) is 20.1 Å². The first-order valence-electron chi connectivity index (χ1n) is 6.70. The zero-order valence-corrected chi connectivity index (χ0v) is 11.2. The molecule has 3 rings (SSSR count). The van der Waals surface area contributed by atoms with Crippen LogP contribution in [0.2, 0.25) is 0 Å².